The number of hydrogen-bond donors (Lipinski definition) is 1. The molecule has 0 saturated carbocycles. The highest BCUT2D eigenvalue weighted by Crippen LogP contribution is 2.47. The maximum Gasteiger partial charge on any atom is 0.294 e. The van der Waals surface area contributed by atoms with E-state index in [1.165, 1.54) is 21.2 Å². The van der Waals surface area contributed by atoms with Gasteiger partial charge >= 0.3 is 0 Å². The molecule has 0 radical (unpaired) electrons. The van der Waals surface area contributed by atoms with Gasteiger partial charge in [-0.2, -0.15) is 0 Å². The summed E-state index contributed by atoms with van der Waals surface area (Å²) in [5, 5.41) is 2.52. The van der Waals surface area contributed by atoms with Crippen molar-refractivity contribution in [3.8, 4) is 5.75 Å². The molecular formula is C24H18N2O3S2. The topological polar surface area (TPSA) is 50.8 Å². The number of rotatable bonds is 5. The molecule has 5 nitrogen and oxygen atoms in total. The summed E-state index contributed by atoms with van der Waals surface area (Å²) in [6, 6.07) is 24.4. The summed E-state index contributed by atoms with van der Waals surface area (Å²) in [5.41, 5.74) is 3.23. The van der Waals surface area contributed by atoms with Gasteiger partial charge in [0.25, 0.3) is 11.1 Å². The summed E-state index contributed by atoms with van der Waals surface area (Å²) in [6.07, 6.45) is 1.65. The van der Waals surface area contributed by atoms with Crippen molar-refractivity contribution in [3.63, 3.8) is 0 Å². The molecule has 31 heavy (non-hydrogen) atoms. The van der Waals surface area contributed by atoms with Crippen molar-refractivity contribution in [3.05, 3.63) is 84.1 Å². The maximum absolute atomic E-state index is 11.7. The van der Waals surface area contributed by atoms with E-state index in [1.807, 2.05) is 24.3 Å². The summed E-state index contributed by atoms with van der Waals surface area (Å²) in [6.45, 7) is 1.26. The number of para-hydroxylation sites is 2. The van der Waals surface area contributed by atoms with Gasteiger partial charge in [0.2, 0.25) is 0 Å². The van der Waals surface area contributed by atoms with E-state index in [0.29, 0.717) is 6.61 Å². The first kappa shape index (κ1) is 19.7. The number of anilines is 2. The molecule has 3 aromatic rings. The lowest BCUT2D eigenvalue weighted by atomic mass is 10.2. The smallest absolute Gasteiger partial charge is 0.294 e. The molecule has 154 valence electrons. The van der Waals surface area contributed by atoms with Gasteiger partial charge in [0.1, 0.15) is 12.4 Å². The first-order valence-corrected chi connectivity index (χ1v) is 11.0. The molecule has 5 rings (SSSR count). The van der Waals surface area contributed by atoms with E-state index in [4.69, 9.17) is 21.7 Å². The first-order valence-electron chi connectivity index (χ1n) is 9.78. The summed E-state index contributed by atoms with van der Waals surface area (Å²) in [4.78, 5) is 16.5. The number of carbonyl (C=O) groups is 1. The number of ether oxygens (including phenoxy) is 2. The molecule has 1 amide bonds. The quantitative estimate of drug-likeness (QED) is 0.433. The minimum absolute atomic E-state index is 0.0791. The highest BCUT2D eigenvalue weighted by molar-refractivity contribution is 7.99. The van der Waals surface area contributed by atoms with Crippen LogP contribution in [-0.4, -0.2) is 24.2 Å². The molecule has 3 aromatic carbocycles. The number of nitrogens with one attached hydrogen (secondary N) is 1. The summed E-state index contributed by atoms with van der Waals surface area (Å²) in [7, 11) is 0. The number of fused-ring (bicyclic) bond motifs is 2. The third-order valence-corrected chi connectivity index (χ3v) is 6.25. The van der Waals surface area contributed by atoms with Crippen molar-refractivity contribution in [1.29, 1.82) is 0 Å². The van der Waals surface area contributed by atoms with Crippen LogP contribution in [0.15, 0.2) is 88.3 Å². The molecule has 0 aromatic heterocycles. The van der Waals surface area contributed by atoms with Gasteiger partial charge < -0.3 is 14.4 Å². The first-order chi connectivity index (χ1) is 15.2. The van der Waals surface area contributed by atoms with Crippen molar-refractivity contribution in [2.24, 2.45) is 0 Å². The normalized spacial score (nSPS) is 15.9. The molecule has 1 N–H and O–H groups in total. The molecule has 7 heteroatoms. The van der Waals surface area contributed by atoms with Crippen molar-refractivity contribution in [2.75, 3.05) is 18.1 Å². The Bertz CT molecular complexity index is 1150. The van der Waals surface area contributed by atoms with E-state index in [1.54, 1.807) is 17.8 Å². The average Bonchev–Trinajstić information content (AvgIpc) is 3.11. The van der Waals surface area contributed by atoms with E-state index >= 15 is 0 Å². The zero-order valence-corrected chi connectivity index (χ0v) is 18.0. The molecular weight excluding hydrogens is 428 g/mol. The monoisotopic (exact) mass is 446 g/mol. The number of amides is 1. The van der Waals surface area contributed by atoms with Crippen LogP contribution < -0.4 is 15.0 Å². The Morgan fingerprint density at radius 1 is 0.968 bits per heavy atom. The van der Waals surface area contributed by atoms with Gasteiger partial charge in [-0.3, -0.25) is 10.1 Å². The lowest BCUT2D eigenvalue weighted by molar-refractivity contribution is -0.116. The van der Waals surface area contributed by atoms with Crippen LogP contribution in [0.1, 0.15) is 5.56 Å². The number of hydrogen-bond acceptors (Lipinski definition) is 6. The van der Waals surface area contributed by atoms with Gasteiger partial charge in [-0.25, -0.2) is 0 Å². The molecule has 0 atom stereocenters. The third kappa shape index (κ3) is 4.15. The summed E-state index contributed by atoms with van der Waals surface area (Å²) < 4.78 is 11.2. The predicted octanol–water partition coefficient (Wildman–Crippen LogP) is 5.14. The van der Waals surface area contributed by atoms with E-state index in [9.17, 15) is 4.79 Å². The second-order valence-corrected chi connectivity index (χ2v) is 8.41. The SMILES string of the molecule is O=C1NC(=S)OC1=Cc1ccc(OCCN2c3ccccc3Sc3ccccc32)cc1. The van der Waals surface area contributed by atoms with Gasteiger partial charge in [-0.1, -0.05) is 48.2 Å². The van der Waals surface area contributed by atoms with Crippen molar-refractivity contribution in [2.45, 2.75) is 9.79 Å². The molecule has 2 heterocycles. The van der Waals surface area contributed by atoms with Crippen LogP contribution in [0.25, 0.3) is 6.08 Å². The highest BCUT2D eigenvalue weighted by atomic mass is 32.2. The average molecular weight is 447 g/mol. The van der Waals surface area contributed by atoms with Gasteiger partial charge in [0.05, 0.1) is 17.9 Å². The lowest BCUT2D eigenvalue weighted by Gasteiger charge is -2.32. The number of nitrogens with zero attached hydrogens (tertiary/aromatic N) is 1. The van der Waals surface area contributed by atoms with Crippen LogP contribution in [0.3, 0.4) is 0 Å². The van der Waals surface area contributed by atoms with E-state index in [2.05, 4.69) is 58.7 Å². The molecule has 1 fully saturated rings. The molecule has 0 aliphatic carbocycles. The Balaban J connectivity index is 1.26. The number of carbonyl (C=O) groups excluding carboxylic acids is 1. The molecule has 2 aliphatic heterocycles. The van der Waals surface area contributed by atoms with Crippen molar-refractivity contribution in [1.82, 2.24) is 5.32 Å². The van der Waals surface area contributed by atoms with Gasteiger partial charge in [0.15, 0.2) is 5.76 Å². The van der Waals surface area contributed by atoms with E-state index < -0.39 is 0 Å². The summed E-state index contributed by atoms with van der Waals surface area (Å²) >= 11 is 6.64. The number of benzene rings is 3. The molecule has 0 unspecified atom stereocenters. The standard InChI is InChI=1S/C24H18N2O3S2/c27-23-20(29-24(30)25-23)15-16-9-11-17(12-10-16)28-14-13-26-18-5-1-3-7-21(18)31-22-8-4-2-6-19(22)26/h1-12,15H,13-14H2,(H,25,27,30). The van der Waals surface area contributed by atoms with E-state index in [-0.39, 0.29) is 16.8 Å². The Kier molecular flexibility index (Phi) is 5.36. The second-order valence-electron chi connectivity index (χ2n) is 6.96. The zero-order chi connectivity index (χ0) is 21.2. The van der Waals surface area contributed by atoms with Crippen LogP contribution >= 0.6 is 24.0 Å². The van der Waals surface area contributed by atoms with Crippen LogP contribution in [0.5, 0.6) is 5.75 Å². The minimum atomic E-state index is -0.328. The lowest BCUT2D eigenvalue weighted by Crippen LogP contribution is -2.26. The molecule has 0 spiro atoms. The largest absolute Gasteiger partial charge is 0.492 e. The van der Waals surface area contributed by atoms with Crippen LogP contribution in [0.4, 0.5) is 11.4 Å². The van der Waals surface area contributed by atoms with Crippen molar-refractivity contribution >= 4 is 52.5 Å². The zero-order valence-electron chi connectivity index (χ0n) is 16.4. The second kappa shape index (κ2) is 8.45. The predicted molar refractivity (Wildman–Crippen MR) is 126 cm³/mol. The van der Waals surface area contributed by atoms with E-state index in [0.717, 1.165) is 17.9 Å². The fourth-order valence-electron chi connectivity index (χ4n) is 3.51. The molecule has 1 saturated heterocycles. The Morgan fingerprint density at radius 2 is 1.61 bits per heavy atom. The fraction of sp³-hybridized carbons (Fsp3) is 0.0833. The summed E-state index contributed by atoms with van der Waals surface area (Å²) in [5.74, 6) is 0.631. The highest BCUT2D eigenvalue weighted by Gasteiger charge is 2.23. The molecule has 0 bridgehead atoms. The Labute approximate surface area is 189 Å². The van der Waals surface area contributed by atoms with Crippen LogP contribution in [0.2, 0.25) is 0 Å². The minimum Gasteiger partial charge on any atom is -0.492 e. The fourth-order valence-corrected chi connectivity index (χ4v) is 4.79. The van der Waals surface area contributed by atoms with Gasteiger partial charge in [-0.05, 0) is 60.3 Å². The Hall–Kier alpha value is -3.29. The molecule has 2 aliphatic rings. The van der Waals surface area contributed by atoms with Crippen LogP contribution in [0, 0.1) is 0 Å². The third-order valence-electron chi connectivity index (χ3n) is 4.94. The van der Waals surface area contributed by atoms with Crippen molar-refractivity contribution < 1.29 is 14.3 Å². The maximum atomic E-state index is 11.7. The number of thiocarbonyl (C=S) groups is 1. The van der Waals surface area contributed by atoms with Gasteiger partial charge in [0, 0.05) is 9.79 Å². The van der Waals surface area contributed by atoms with Gasteiger partial charge in [-0.15, -0.1) is 0 Å². The van der Waals surface area contributed by atoms with Crippen LogP contribution in [-0.2, 0) is 9.53 Å². The Morgan fingerprint density at radius 3 is 2.23 bits per heavy atom.